The van der Waals surface area contributed by atoms with Gasteiger partial charge in [0.2, 0.25) is 0 Å². The monoisotopic (exact) mass is 440 g/mol. The van der Waals surface area contributed by atoms with E-state index in [2.05, 4.69) is 77.3 Å². The average Bonchev–Trinajstić information content (AvgIpc) is 3.34. The third-order valence-corrected chi connectivity index (χ3v) is 6.53. The first-order valence-corrected chi connectivity index (χ1v) is 11.6. The minimum Gasteiger partial charge on any atom is -0.490 e. The van der Waals surface area contributed by atoms with Crippen molar-refractivity contribution in [1.29, 1.82) is 0 Å². The molecule has 1 aliphatic rings. The predicted octanol–water partition coefficient (Wildman–Crippen LogP) is 6.51. The Labute approximate surface area is 192 Å². The van der Waals surface area contributed by atoms with E-state index >= 15 is 0 Å². The van der Waals surface area contributed by atoms with Crippen LogP contribution in [0, 0.1) is 0 Å². The third kappa shape index (κ3) is 4.30. The number of nitrogens with zero attached hydrogens (tertiary/aromatic N) is 1. The van der Waals surface area contributed by atoms with E-state index in [-0.39, 0.29) is 5.37 Å². The predicted molar refractivity (Wildman–Crippen MR) is 132 cm³/mol. The van der Waals surface area contributed by atoms with Gasteiger partial charge in [-0.25, -0.2) is 0 Å². The number of ether oxygens (including phenoxy) is 2. The number of hydrogen-bond acceptors (Lipinski definition) is 5. The van der Waals surface area contributed by atoms with E-state index in [0.29, 0.717) is 13.2 Å². The molecule has 5 rings (SSSR count). The molecule has 0 aromatic heterocycles. The molecule has 4 aromatic carbocycles. The first-order valence-electron chi connectivity index (χ1n) is 10.7. The largest absolute Gasteiger partial charge is 0.490 e. The van der Waals surface area contributed by atoms with Gasteiger partial charge in [0, 0.05) is 5.56 Å². The Balaban J connectivity index is 1.33. The molecule has 0 saturated carbocycles. The highest BCUT2D eigenvalue weighted by Crippen LogP contribution is 2.38. The Morgan fingerprint density at radius 2 is 1.66 bits per heavy atom. The van der Waals surface area contributed by atoms with E-state index < -0.39 is 0 Å². The van der Waals surface area contributed by atoms with Crippen LogP contribution in [0.25, 0.3) is 10.8 Å². The van der Waals surface area contributed by atoms with Gasteiger partial charge in [0.25, 0.3) is 0 Å². The number of benzene rings is 4. The van der Waals surface area contributed by atoms with E-state index in [1.165, 1.54) is 10.8 Å². The maximum Gasteiger partial charge on any atom is 0.161 e. The van der Waals surface area contributed by atoms with Crippen LogP contribution in [0.15, 0.2) is 96.1 Å². The van der Waals surface area contributed by atoms with Gasteiger partial charge in [-0.15, -0.1) is 0 Å². The van der Waals surface area contributed by atoms with Crippen molar-refractivity contribution in [2.45, 2.75) is 18.9 Å². The maximum absolute atomic E-state index is 6.21. The highest BCUT2D eigenvalue weighted by Gasteiger charge is 2.23. The molecule has 0 amide bonds. The van der Waals surface area contributed by atoms with Gasteiger partial charge in [0.05, 0.1) is 6.61 Å². The molecule has 0 radical (unpaired) electrons. The number of rotatable bonds is 7. The first-order chi connectivity index (χ1) is 15.8. The summed E-state index contributed by atoms with van der Waals surface area (Å²) in [5.74, 6) is 1.50. The minimum absolute atomic E-state index is 0.0385. The minimum atomic E-state index is 0.0385. The number of hydrazone groups is 1. The first kappa shape index (κ1) is 20.5. The fraction of sp³-hybridized carbons (Fsp3) is 0.148. The van der Waals surface area contributed by atoms with Crippen molar-refractivity contribution in [3.63, 3.8) is 0 Å². The van der Waals surface area contributed by atoms with Gasteiger partial charge in [-0.05, 0) is 41.0 Å². The van der Waals surface area contributed by atoms with E-state index in [9.17, 15) is 0 Å². The lowest BCUT2D eigenvalue weighted by Crippen LogP contribution is -2.08. The quantitative estimate of drug-likeness (QED) is 0.355. The van der Waals surface area contributed by atoms with Crippen LogP contribution in [0.5, 0.6) is 11.5 Å². The topological polar surface area (TPSA) is 42.8 Å². The van der Waals surface area contributed by atoms with Crippen LogP contribution in [0.1, 0.15) is 29.0 Å². The van der Waals surface area contributed by atoms with Gasteiger partial charge in [0.1, 0.15) is 17.0 Å². The fourth-order valence-electron chi connectivity index (χ4n) is 3.79. The summed E-state index contributed by atoms with van der Waals surface area (Å²) in [6.45, 7) is 3.05. The molecular weight excluding hydrogens is 416 g/mol. The van der Waals surface area contributed by atoms with E-state index in [4.69, 9.17) is 9.47 Å². The Morgan fingerprint density at radius 1 is 0.844 bits per heavy atom. The second-order valence-electron chi connectivity index (χ2n) is 7.48. The summed E-state index contributed by atoms with van der Waals surface area (Å²) >= 11 is 1.70. The Bertz CT molecular complexity index is 1250. The summed E-state index contributed by atoms with van der Waals surface area (Å²) in [4.78, 5) is 0. The van der Waals surface area contributed by atoms with E-state index in [0.717, 1.165) is 33.2 Å². The van der Waals surface area contributed by atoms with Crippen molar-refractivity contribution in [1.82, 2.24) is 5.43 Å². The molecule has 1 N–H and O–H groups in total. The molecular formula is C27H24N2O2S. The number of nitrogens with one attached hydrogen (secondary N) is 1. The van der Waals surface area contributed by atoms with Crippen molar-refractivity contribution >= 4 is 27.6 Å². The van der Waals surface area contributed by atoms with Gasteiger partial charge in [-0.2, -0.15) is 5.10 Å². The molecule has 1 heterocycles. The fourth-order valence-corrected chi connectivity index (χ4v) is 4.78. The van der Waals surface area contributed by atoms with Crippen molar-refractivity contribution < 1.29 is 9.47 Å². The molecule has 0 fully saturated rings. The number of fused-ring (bicyclic) bond motifs is 1. The van der Waals surface area contributed by atoms with Crippen LogP contribution in [-0.2, 0) is 6.61 Å². The van der Waals surface area contributed by atoms with E-state index in [1.807, 2.05) is 31.2 Å². The SMILES string of the molecule is CCOc1cc(C2NN=C(c3ccccc3)S2)ccc1OCc1cccc2ccccc12. The molecule has 0 aliphatic carbocycles. The van der Waals surface area contributed by atoms with E-state index in [1.54, 1.807) is 11.8 Å². The normalized spacial score (nSPS) is 15.3. The molecule has 1 atom stereocenters. The third-order valence-electron chi connectivity index (χ3n) is 5.37. The van der Waals surface area contributed by atoms with Gasteiger partial charge in [-0.3, -0.25) is 5.43 Å². The van der Waals surface area contributed by atoms with Crippen LogP contribution in [0.2, 0.25) is 0 Å². The summed E-state index contributed by atoms with van der Waals surface area (Å²) in [7, 11) is 0. The van der Waals surface area contributed by atoms with Crippen molar-refractivity contribution in [3.8, 4) is 11.5 Å². The molecule has 0 spiro atoms. The van der Waals surface area contributed by atoms with Crippen molar-refractivity contribution in [3.05, 3.63) is 108 Å². The van der Waals surface area contributed by atoms with Crippen molar-refractivity contribution in [2.24, 2.45) is 5.10 Å². The smallest absolute Gasteiger partial charge is 0.161 e. The zero-order valence-corrected chi connectivity index (χ0v) is 18.6. The highest BCUT2D eigenvalue weighted by atomic mass is 32.2. The molecule has 5 heteroatoms. The molecule has 0 saturated heterocycles. The summed E-state index contributed by atoms with van der Waals surface area (Å²) in [6, 6.07) is 31.0. The Morgan fingerprint density at radius 3 is 2.53 bits per heavy atom. The van der Waals surface area contributed by atoms with Gasteiger partial charge >= 0.3 is 0 Å². The van der Waals surface area contributed by atoms with Gasteiger partial charge in [-0.1, -0.05) is 90.6 Å². The summed E-state index contributed by atoms with van der Waals surface area (Å²) in [5.41, 5.74) is 6.62. The zero-order chi connectivity index (χ0) is 21.8. The van der Waals surface area contributed by atoms with Crippen LogP contribution in [-0.4, -0.2) is 11.7 Å². The Hall–Kier alpha value is -3.44. The Kier molecular flexibility index (Phi) is 5.99. The molecule has 32 heavy (non-hydrogen) atoms. The molecule has 0 bridgehead atoms. The van der Waals surface area contributed by atoms with Crippen LogP contribution in [0.3, 0.4) is 0 Å². The molecule has 1 unspecified atom stereocenters. The summed E-state index contributed by atoms with van der Waals surface area (Å²) < 4.78 is 12.1. The summed E-state index contributed by atoms with van der Waals surface area (Å²) in [5, 5.41) is 7.98. The highest BCUT2D eigenvalue weighted by molar-refractivity contribution is 8.14. The molecule has 160 valence electrons. The second kappa shape index (κ2) is 9.37. The number of thioether (sulfide) groups is 1. The zero-order valence-electron chi connectivity index (χ0n) is 17.8. The molecule has 1 aliphatic heterocycles. The maximum atomic E-state index is 6.21. The standard InChI is InChI=1S/C27H24N2O2S/c1-2-30-25-17-21(27-29-28-26(32-27)20-10-4-3-5-11-20)15-16-24(25)31-18-22-13-8-12-19-9-6-7-14-23(19)22/h3-17,27,29H,2,18H2,1H3. The average molecular weight is 441 g/mol. The lowest BCUT2D eigenvalue weighted by molar-refractivity contribution is 0.270. The lowest BCUT2D eigenvalue weighted by atomic mass is 10.1. The van der Waals surface area contributed by atoms with Crippen LogP contribution >= 0.6 is 11.8 Å². The van der Waals surface area contributed by atoms with Crippen molar-refractivity contribution in [2.75, 3.05) is 6.61 Å². The second-order valence-corrected chi connectivity index (χ2v) is 8.57. The van der Waals surface area contributed by atoms with Gasteiger partial charge < -0.3 is 9.47 Å². The molecule has 4 nitrogen and oxygen atoms in total. The molecule has 4 aromatic rings. The van der Waals surface area contributed by atoms with Gasteiger partial charge in [0.15, 0.2) is 11.5 Å². The number of hydrogen-bond donors (Lipinski definition) is 1. The van der Waals surface area contributed by atoms with Crippen LogP contribution in [0.4, 0.5) is 0 Å². The lowest BCUT2D eigenvalue weighted by Gasteiger charge is -2.16. The summed E-state index contributed by atoms with van der Waals surface area (Å²) in [6.07, 6.45) is 0. The van der Waals surface area contributed by atoms with Crippen LogP contribution < -0.4 is 14.9 Å².